The zero-order valence-electron chi connectivity index (χ0n) is 7.01. The highest BCUT2D eigenvalue weighted by molar-refractivity contribution is 6.01. The Bertz CT molecular complexity index is 324. The van der Waals surface area contributed by atoms with E-state index in [1.165, 1.54) is 0 Å². The summed E-state index contributed by atoms with van der Waals surface area (Å²) in [5.41, 5.74) is 0.679. The van der Waals surface area contributed by atoms with Crippen molar-refractivity contribution in [3.8, 4) is 0 Å². The Labute approximate surface area is 76.0 Å². The number of hydrogen-bond donors (Lipinski definition) is 0. The molecule has 1 unspecified atom stereocenters. The minimum absolute atomic E-state index is 0.00176. The Morgan fingerprint density at radius 2 is 2.15 bits per heavy atom. The summed E-state index contributed by atoms with van der Waals surface area (Å²) in [5, 5.41) is 3.57. The molecule has 0 saturated carbocycles. The van der Waals surface area contributed by atoms with Crippen LogP contribution in [-0.2, 0) is 4.84 Å². The van der Waals surface area contributed by atoms with Gasteiger partial charge in [0.25, 0.3) is 0 Å². The first-order valence-corrected chi connectivity index (χ1v) is 4.15. The molecule has 0 fully saturated rings. The van der Waals surface area contributed by atoms with Gasteiger partial charge in [-0.25, -0.2) is 0 Å². The Kier molecular flexibility index (Phi) is 2.08. The summed E-state index contributed by atoms with van der Waals surface area (Å²) in [6.07, 6.45) is 1.78. The van der Waals surface area contributed by atoms with Crippen LogP contribution in [-0.4, -0.2) is 18.1 Å². The van der Waals surface area contributed by atoms with Crippen molar-refractivity contribution in [1.82, 2.24) is 0 Å². The van der Waals surface area contributed by atoms with Gasteiger partial charge in [-0.15, -0.1) is 0 Å². The van der Waals surface area contributed by atoms with Crippen LogP contribution in [0.15, 0.2) is 35.5 Å². The van der Waals surface area contributed by atoms with Crippen LogP contribution in [0.4, 0.5) is 0 Å². The molecule has 1 aliphatic rings. The number of carbonyl (C=O) groups excluding carboxylic acids is 1. The highest BCUT2D eigenvalue weighted by atomic mass is 16.6. The minimum atomic E-state index is -0.414. The highest BCUT2D eigenvalue weighted by Crippen LogP contribution is 2.12. The third kappa shape index (κ3) is 1.59. The monoisotopic (exact) mass is 175 g/mol. The molecule has 3 heteroatoms. The summed E-state index contributed by atoms with van der Waals surface area (Å²) in [7, 11) is 0. The van der Waals surface area contributed by atoms with Gasteiger partial charge in [-0.2, -0.15) is 0 Å². The van der Waals surface area contributed by atoms with Gasteiger partial charge in [0.2, 0.25) is 5.78 Å². The van der Waals surface area contributed by atoms with Gasteiger partial charge in [0.05, 0.1) is 0 Å². The molecule has 2 rings (SSSR count). The van der Waals surface area contributed by atoms with Gasteiger partial charge in [0, 0.05) is 18.2 Å². The van der Waals surface area contributed by atoms with Crippen molar-refractivity contribution in [2.24, 2.45) is 5.16 Å². The Morgan fingerprint density at radius 3 is 2.77 bits per heavy atom. The maximum atomic E-state index is 11.6. The fourth-order valence-electron chi connectivity index (χ4n) is 1.24. The van der Waals surface area contributed by atoms with E-state index in [1.807, 2.05) is 18.2 Å². The van der Waals surface area contributed by atoms with Crippen LogP contribution in [0.2, 0.25) is 0 Å². The second-order valence-corrected chi connectivity index (χ2v) is 2.85. The second kappa shape index (κ2) is 3.39. The van der Waals surface area contributed by atoms with E-state index in [0.29, 0.717) is 12.0 Å². The average molecular weight is 175 g/mol. The summed E-state index contributed by atoms with van der Waals surface area (Å²) < 4.78 is 0. The highest BCUT2D eigenvalue weighted by Gasteiger charge is 2.23. The maximum Gasteiger partial charge on any atom is 0.206 e. The molecule has 1 aromatic carbocycles. The van der Waals surface area contributed by atoms with Crippen molar-refractivity contribution in [2.75, 3.05) is 0 Å². The first-order chi connectivity index (χ1) is 6.38. The Balaban J connectivity index is 2.14. The van der Waals surface area contributed by atoms with E-state index in [9.17, 15) is 4.79 Å². The lowest BCUT2D eigenvalue weighted by atomic mass is 10.1. The number of ketones is 1. The van der Waals surface area contributed by atoms with Crippen LogP contribution in [0.5, 0.6) is 0 Å². The second-order valence-electron chi connectivity index (χ2n) is 2.85. The molecule has 1 heterocycles. The summed E-state index contributed by atoms with van der Waals surface area (Å²) in [4.78, 5) is 16.5. The molecule has 0 aliphatic carbocycles. The van der Waals surface area contributed by atoms with Crippen molar-refractivity contribution < 1.29 is 9.63 Å². The van der Waals surface area contributed by atoms with Crippen molar-refractivity contribution >= 4 is 12.0 Å². The third-order valence-corrected chi connectivity index (χ3v) is 1.93. The molecule has 1 aliphatic heterocycles. The molecular weight excluding hydrogens is 166 g/mol. The minimum Gasteiger partial charge on any atom is -0.384 e. The van der Waals surface area contributed by atoms with Crippen LogP contribution < -0.4 is 0 Å². The van der Waals surface area contributed by atoms with Gasteiger partial charge in [-0.3, -0.25) is 4.79 Å². The fraction of sp³-hybridized carbons (Fsp3) is 0.200. The molecule has 0 aromatic heterocycles. The summed E-state index contributed by atoms with van der Waals surface area (Å²) in [5.74, 6) is -0.00176. The largest absolute Gasteiger partial charge is 0.384 e. The zero-order valence-corrected chi connectivity index (χ0v) is 7.01. The van der Waals surface area contributed by atoms with Crippen molar-refractivity contribution in [2.45, 2.75) is 12.5 Å². The normalized spacial score (nSPS) is 19.8. The SMILES string of the molecule is O=C(c1ccccc1)C1CC=NO1. The van der Waals surface area contributed by atoms with E-state index < -0.39 is 6.10 Å². The third-order valence-electron chi connectivity index (χ3n) is 1.93. The van der Waals surface area contributed by atoms with Gasteiger partial charge in [0.1, 0.15) is 0 Å². The van der Waals surface area contributed by atoms with Crippen LogP contribution in [0.1, 0.15) is 16.8 Å². The van der Waals surface area contributed by atoms with Gasteiger partial charge in [0.15, 0.2) is 6.10 Å². The number of oxime groups is 1. The van der Waals surface area contributed by atoms with Gasteiger partial charge >= 0.3 is 0 Å². The van der Waals surface area contributed by atoms with Gasteiger partial charge in [-0.05, 0) is 0 Å². The molecule has 0 amide bonds. The molecule has 0 spiro atoms. The Morgan fingerprint density at radius 1 is 1.38 bits per heavy atom. The average Bonchev–Trinajstić information content (AvgIpc) is 2.71. The molecule has 0 radical (unpaired) electrons. The topological polar surface area (TPSA) is 38.7 Å². The summed E-state index contributed by atoms with van der Waals surface area (Å²) in [6, 6.07) is 9.11. The van der Waals surface area contributed by atoms with Crippen molar-refractivity contribution in [1.29, 1.82) is 0 Å². The molecule has 1 atom stereocenters. The Hall–Kier alpha value is -1.64. The molecule has 0 bridgehead atoms. The van der Waals surface area contributed by atoms with Crippen molar-refractivity contribution in [3.05, 3.63) is 35.9 Å². The van der Waals surface area contributed by atoms with Crippen LogP contribution >= 0.6 is 0 Å². The smallest absolute Gasteiger partial charge is 0.206 e. The first-order valence-electron chi connectivity index (χ1n) is 4.15. The molecule has 66 valence electrons. The number of nitrogens with zero attached hydrogens (tertiary/aromatic N) is 1. The summed E-state index contributed by atoms with van der Waals surface area (Å²) in [6.45, 7) is 0. The van der Waals surface area contributed by atoms with Crippen LogP contribution in [0.25, 0.3) is 0 Å². The lowest BCUT2D eigenvalue weighted by Crippen LogP contribution is -2.19. The number of carbonyl (C=O) groups is 1. The quantitative estimate of drug-likeness (QED) is 0.641. The predicted molar refractivity (Wildman–Crippen MR) is 48.8 cm³/mol. The standard InChI is InChI=1S/C10H9NO2/c12-10(9-6-7-11-13-9)8-4-2-1-3-5-8/h1-5,7,9H,6H2. The fourth-order valence-corrected chi connectivity index (χ4v) is 1.24. The number of benzene rings is 1. The lowest BCUT2D eigenvalue weighted by molar-refractivity contribution is 0.0556. The lowest BCUT2D eigenvalue weighted by Gasteiger charge is -2.05. The first kappa shape index (κ1) is 7.98. The van der Waals surface area contributed by atoms with E-state index in [-0.39, 0.29) is 5.78 Å². The van der Waals surface area contributed by atoms with E-state index in [1.54, 1.807) is 18.3 Å². The molecule has 13 heavy (non-hydrogen) atoms. The maximum absolute atomic E-state index is 11.6. The van der Waals surface area contributed by atoms with Crippen LogP contribution in [0.3, 0.4) is 0 Å². The number of rotatable bonds is 2. The van der Waals surface area contributed by atoms with Crippen LogP contribution in [0, 0.1) is 0 Å². The molecule has 1 aromatic rings. The van der Waals surface area contributed by atoms with Gasteiger partial charge < -0.3 is 4.84 Å². The van der Waals surface area contributed by atoms with E-state index >= 15 is 0 Å². The zero-order chi connectivity index (χ0) is 9.10. The number of Topliss-reactive ketones (excluding diaryl/α,β-unsaturated/α-hetero) is 1. The molecule has 0 N–H and O–H groups in total. The molecule has 0 saturated heterocycles. The van der Waals surface area contributed by atoms with E-state index in [2.05, 4.69) is 5.16 Å². The van der Waals surface area contributed by atoms with E-state index in [4.69, 9.17) is 4.84 Å². The molecular formula is C10H9NO2. The van der Waals surface area contributed by atoms with Gasteiger partial charge in [-0.1, -0.05) is 35.5 Å². The predicted octanol–water partition coefficient (Wildman–Crippen LogP) is 1.64. The van der Waals surface area contributed by atoms with Crippen molar-refractivity contribution in [3.63, 3.8) is 0 Å². The molecule has 3 nitrogen and oxygen atoms in total. The number of hydrogen-bond acceptors (Lipinski definition) is 3. The van der Waals surface area contributed by atoms with E-state index in [0.717, 1.165) is 0 Å². The summed E-state index contributed by atoms with van der Waals surface area (Å²) >= 11 is 0.